The molecule has 0 atom stereocenters. The molecule has 5 heterocycles. The lowest BCUT2D eigenvalue weighted by Crippen LogP contribution is -2.50. The first kappa shape index (κ1) is 28.6. The highest BCUT2D eigenvalue weighted by molar-refractivity contribution is 14.1. The average Bonchev–Trinajstić information content (AvgIpc) is 3.50. The highest BCUT2D eigenvalue weighted by Crippen LogP contribution is 2.38. The first-order valence-electron chi connectivity index (χ1n) is 14.0. The van der Waals surface area contributed by atoms with E-state index >= 15 is 0 Å². The highest BCUT2D eigenvalue weighted by Gasteiger charge is 2.40. The number of carbonyl (C=O) groups excluding carboxylic acids is 2. The average molecular weight is 685 g/mol. The number of carbonyl (C=O) groups is 2. The highest BCUT2D eigenvalue weighted by atomic mass is 127. The van der Waals surface area contributed by atoms with Gasteiger partial charge in [-0.15, -0.1) is 5.10 Å². The van der Waals surface area contributed by atoms with E-state index in [2.05, 4.69) is 53.3 Å². The number of fused-ring (bicyclic) bond motifs is 1. The SMILES string of the molecule is Cc1ccc(Oc2ccc3nc(NC(=O)CCCN4CCC5(CC4)COC5)cn3n2)cc1NC(=O)c1cc(I)nn1C. The van der Waals surface area contributed by atoms with Crippen LogP contribution < -0.4 is 15.4 Å². The predicted octanol–water partition coefficient (Wildman–Crippen LogP) is 4.25. The van der Waals surface area contributed by atoms with E-state index in [1.54, 1.807) is 46.7 Å². The fourth-order valence-electron chi connectivity index (χ4n) is 5.33. The maximum atomic E-state index is 12.8. The number of aromatic nitrogens is 5. The molecule has 1 aromatic carbocycles. The number of rotatable bonds is 9. The molecular formula is C29H33IN8O4. The number of ether oxygens (including phenoxy) is 2. The maximum absolute atomic E-state index is 12.8. The van der Waals surface area contributed by atoms with Gasteiger partial charge in [-0.1, -0.05) is 6.07 Å². The first-order chi connectivity index (χ1) is 20.2. The lowest BCUT2D eigenvalue weighted by atomic mass is 9.77. The van der Waals surface area contributed by atoms with Gasteiger partial charge in [0, 0.05) is 42.8 Å². The minimum atomic E-state index is -0.260. The van der Waals surface area contributed by atoms with Crippen LogP contribution in [-0.4, -0.2) is 73.9 Å². The van der Waals surface area contributed by atoms with Gasteiger partial charge in [-0.05, 0) is 86.1 Å². The molecule has 13 heteroatoms. The number of amides is 2. The van der Waals surface area contributed by atoms with E-state index in [4.69, 9.17) is 9.47 Å². The lowest BCUT2D eigenvalue weighted by molar-refractivity contribution is -0.139. The van der Waals surface area contributed by atoms with Crippen molar-refractivity contribution in [3.63, 3.8) is 0 Å². The Hall–Kier alpha value is -3.56. The quantitative estimate of drug-likeness (QED) is 0.251. The molecule has 0 bridgehead atoms. The monoisotopic (exact) mass is 684 g/mol. The second kappa shape index (κ2) is 12.0. The second-order valence-corrected chi connectivity index (χ2v) is 12.2. The third kappa shape index (κ3) is 6.42. The number of aryl methyl sites for hydroxylation is 2. The van der Waals surface area contributed by atoms with Gasteiger partial charge in [-0.3, -0.25) is 14.3 Å². The number of hydrogen-bond acceptors (Lipinski definition) is 8. The molecular weight excluding hydrogens is 651 g/mol. The third-order valence-corrected chi connectivity index (χ3v) is 8.46. The summed E-state index contributed by atoms with van der Waals surface area (Å²) in [5, 5.41) is 14.5. The normalized spacial score (nSPS) is 16.4. The van der Waals surface area contributed by atoms with Gasteiger partial charge in [-0.2, -0.15) is 5.10 Å². The molecule has 2 fully saturated rings. The number of nitrogens with zero attached hydrogens (tertiary/aromatic N) is 6. The summed E-state index contributed by atoms with van der Waals surface area (Å²) in [4.78, 5) is 32.3. The van der Waals surface area contributed by atoms with Crippen molar-refractivity contribution in [2.45, 2.75) is 32.6 Å². The van der Waals surface area contributed by atoms with Gasteiger partial charge in [0.2, 0.25) is 11.8 Å². The number of imidazole rings is 1. The summed E-state index contributed by atoms with van der Waals surface area (Å²) in [6.45, 7) is 6.80. The van der Waals surface area contributed by atoms with Crippen LogP contribution in [0.4, 0.5) is 11.5 Å². The minimum absolute atomic E-state index is 0.0641. The largest absolute Gasteiger partial charge is 0.438 e. The summed E-state index contributed by atoms with van der Waals surface area (Å²) in [7, 11) is 1.73. The van der Waals surface area contributed by atoms with E-state index < -0.39 is 0 Å². The van der Waals surface area contributed by atoms with Gasteiger partial charge in [-0.25, -0.2) is 9.50 Å². The van der Waals surface area contributed by atoms with Crippen LogP contribution >= 0.6 is 22.6 Å². The van der Waals surface area contributed by atoms with Crippen molar-refractivity contribution in [1.82, 2.24) is 29.3 Å². The summed E-state index contributed by atoms with van der Waals surface area (Å²) < 4.78 is 15.3. The van der Waals surface area contributed by atoms with E-state index in [0.29, 0.717) is 46.3 Å². The van der Waals surface area contributed by atoms with E-state index in [1.807, 2.05) is 19.1 Å². The van der Waals surface area contributed by atoms with Crippen molar-refractivity contribution < 1.29 is 19.1 Å². The van der Waals surface area contributed by atoms with Crippen LogP contribution in [0.15, 0.2) is 42.6 Å². The Bertz CT molecular complexity index is 1620. The van der Waals surface area contributed by atoms with Gasteiger partial charge in [0.05, 0.1) is 19.4 Å². The van der Waals surface area contributed by atoms with Crippen molar-refractivity contribution in [2.24, 2.45) is 12.5 Å². The molecule has 6 rings (SSSR count). The van der Waals surface area contributed by atoms with Crippen LogP contribution in [0.25, 0.3) is 5.65 Å². The fraction of sp³-hybridized carbons (Fsp3) is 0.414. The summed E-state index contributed by atoms with van der Waals surface area (Å²) in [6.07, 6.45) is 5.28. The molecule has 0 aliphatic carbocycles. The van der Waals surface area contributed by atoms with Crippen LogP contribution in [0, 0.1) is 16.0 Å². The molecule has 1 spiro atoms. The van der Waals surface area contributed by atoms with E-state index in [-0.39, 0.29) is 11.8 Å². The summed E-state index contributed by atoms with van der Waals surface area (Å²) in [5.74, 6) is 0.980. The zero-order chi connectivity index (χ0) is 29.3. The lowest BCUT2D eigenvalue weighted by Gasteiger charge is -2.47. The van der Waals surface area contributed by atoms with Crippen molar-refractivity contribution >= 4 is 51.6 Å². The molecule has 42 heavy (non-hydrogen) atoms. The Morgan fingerprint density at radius 1 is 1.10 bits per heavy atom. The van der Waals surface area contributed by atoms with Gasteiger partial charge < -0.3 is 25.0 Å². The fourth-order valence-corrected chi connectivity index (χ4v) is 5.95. The number of halogens is 1. The Morgan fingerprint density at radius 2 is 1.90 bits per heavy atom. The Kier molecular flexibility index (Phi) is 8.14. The maximum Gasteiger partial charge on any atom is 0.273 e. The first-order valence-corrected chi connectivity index (χ1v) is 15.1. The van der Waals surface area contributed by atoms with Crippen LogP contribution in [-0.2, 0) is 16.6 Å². The molecule has 0 saturated carbocycles. The number of likely N-dealkylation sites (tertiary alicyclic amines) is 1. The Morgan fingerprint density at radius 3 is 2.62 bits per heavy atom. The molecule has 220 valence electrons. The molecule has 4 aromatic rings. The molecule has 12 nitrogen and oxygen atoms in total. The van der Waals surface area contributed by atoms with Gasteiger partial charge in [0.1, 0.15) is 15.1 Å². The van der Waals surface area contributed by atoms with Crippen LogP contribution in [0.3, 0.4) is 0 Å². The van der Waals surface area contributed by atoms with E-state index in [9.17, 15) is 9.59 Å². The molecule has 2 amide bonds. The molecule has 3 aromatic heterocycles. The van der Waals surface area contributed by atoms with Crippen molar-refractivity contribution in [1.29, 1.82) is 0 Å². The van der Waals surface area contributed by atoms with Crippen molar-refractivity contribution in [3.05, 3.63) is 57.6 Å². The van der Waals surface area contributed by atoms with Gasteiger partial charge in [0.25, 0.3) is 5.91 Å². The van der Waals surface area contributed by atoms with E-state index in [0.717, 1.165) is 48.5 Å². The number of anilines is 2. The zero-order valence-electron chi connectivity index (χ0n) is 23.6. The second-order valence-electron chi connectivity index (χ2n) is 11.1. The van der Waals surface area contributed by atoms with Crippen molar-refractivity contribution in [3.8, 4) is 11.6 Å². The van der Waals surface area contributed by atoms with Crippen molar-refractivity contribution in [2.75, 3.05) is 43.5 Å². The predicted molar refractivity (Wildman–Crippen MR) is 165 cm³/mol. The summed E-state index contributed by atoms with van der Waals surface area (Å²) in [6, 6.07) is 10.6. The Labute approximate surface area is 256 Å². The molecule has 0 radical (unpaired) electrons. The number of piperidine rings is 1. The Balaban J connectivity index is 1.03. The standard InChI is InChI=1S/C29H33IN8O4/c1-19-5-6-20(14-21(19)31-28(40)22-15-23(30)34-36(22)2)42-27-8-7-25-32-24(16-38(25)35-27)33-26(39)4-3-11-37-12-9-29(10-13-37)17-41-18-29/h5-8,14-16H,3-4,9-13,17-18H2,1-2H3,(H,31,40)(H,33,39). The van der Waals surface area contributed by atoms with Gasteiger partial charge >= 0.3 is 0 Å². The number of hydrogen-bond donors (Lipinski definition) is 2. The minimum Gasteiger partial charge on any atom is -0.438 e. The molecule has 2 aliphatic heterocycles. The summed E-state index contributed by atoms with van der Waals surface area (Å²) in [5.41, 5.74) is 2.98. The van der Waals surface area contributed by atoms with Crippen LogP contribution in [0.2, 0.25) is 0 Å². The summed E-state index contributed by atoms with van der Waals surface area (Å²) >= 11 is 2.07. The molecule has 2 aliphatic rings. The number of benzene rings is 1. The number of nitrogens with one attached hydrogen (secondary N) is 2. The molecule has 2 N–H and O–H groups in total. The smallest absolute Gasteiger partial charge is 0.273 e. The van der Waals surface area contributed by atoms with Gasteiger partial charge in [0.15, 0.2) is 11.5 Å². The zero-order valence-corrected chi connectivity index (χ0v) is 25.8. The van der Waals surface area contributed by atoms with Crippen LogP contribution in [0.1, 0.15) is 41.7 Å². The van der Waals surface area contributed by atoms with Crippen LogP contribution in [0.5, 0.6) is 11.6 Å². The molecule has 0 unspecified atom stereocenters. The third-order valence-electron chi connectivity index (χ3n) is 7.94. The topological polar surface area (TPSA) is 128 Å². The molecule has 2 saturated heterocycles. The van der Waals surface area contributed by atoms with E-state index in [1.165, 1.54) is 12.8 Å².